The fourth-order valence-electron chi connectivity index (χ4n) is 3.50. The number of fused-ring (bicyclic) bond motifs is 1. The number of nitrogens with zero attached hydrogens (tertiary/aromatic N) is 5. The zero-order valence-electron chi connectivity index (χ0n) is 17.4. The molecule has 0 saturated carbocycles. The Bertz CT molecular complexity index is 1370. The first kappa shape index (κ1) is 23.6. The van der Waals surface area contributed by atoms with Crippen molar-refractivity contribution in [3.63, 3.8) is 0 Å². The van der Waals surface area contributed by atoms with E-state index >= 15 is 0 Å². The van der Waals surface area contributed by atoms with Crippen molar-refractivity contribution in [2.24, 2.45) is 0 Å². The summed E-state index contributed by atoms with van der Waals surface area (Å²) in [6.45, 7) is 3.43. The van der Waals surface area contributed by atoms with Gasteiger partial charge in [-0.2, -0.15) is 10.2 Å². The number of pyridine rings is 1. The Labute approximate surface area is 205 Å². The van der Waals surface area contributed by atoms with Crippen molar-refractivity contribution < 1.29 is 13.6 Å². The third-order valence-electron chi connectivity index (χ3n) is 4.87. The zero-order valence-corrected chi connectivity index (χ0v) is 20.5. The van der Waals surface area contributed by atoms with E-state index in [-0.39, 0.29) is 23.1 Å². The number of anilines is 1. The molecule has 12 heteroatoms. The number of amides is 1. The predicted molar refractivity (Wildman–Crippen MR) is 126 cm³/mol. The number of alkyl halides is 2. The Morgan fingerprint density at radius 3 is 2.64 bits per heavy atom. The molecule has 0 radical (unpaired) electrons. The van der Waals surface area contributed by atoms with Gasteiger partial charge in [-0.1, -0.05) is 29.3 Å². The second-order valence-corrected chi connectivity index (χ2v) is 9.08. The average Bonchev–Trinajstić information content (AvgIpc) is 3.22. The minimum absolute atomic E-state index is 0.148. The van der Waals surface area contributed by atoms with Crippen molar-refractivity contribution in [3.8, 4) is 0 Å². The van der Waals surface area contributed by atoms with E-state index in [9.17, 15) is 13.6 Å². The summed E-state index contributed by atoms with van der Waals surface area (Å²) in [6.07, 6.45) is -0.958. The summed E-state index contributed by atoms with van der Waals surface area (Å²) < 4.78 is 30.5. The number of hydrogen-bond donors (Lipinski definition) is 1. The van der Waals surface area contributed by atoms with Crippen molar-refractivity contribution in [2.45, 2.75) is 33.4 Å². The largest absolute Gasteiger partial charge is 0.307 e. The lowest BCUT2D eigenvalue weighted by atomic mass is 10.1. The van der Waals surface area contributed by atoms with E-state index in [4.69, 9.17) is 23.2 Å². The highest BCUT2D eigenvalue weighted by Crippen LogP contribution is 2.30. The molecule has 1 N–H and O–H groups in total. The molecule has 4 aromatic rings. The Morgan fingerprint density at radius 1 is 1.18 bits per heavy atom. The molecule has 0 spiro atoms. The van der Waals surface area contributed by atoms with Gasteiger partial charge in [-0.05, 0) is 53.5 Å². The van der Waals surface area contributed by atoms with Gasteiger partial charge in [0.25, 0.3) is 6.43 Å². The smallest absolute Gasteiger partial charge is 0.264 e. The van der Waals surface area contributed by atoms with E-state index in [1.54, 1.807) is 36.9 Å². The molecule has 0 unspecified atom stereocenters. The van der Waals surface area contributed by atoms with Gasteiger partial charge < -0.3 is 5.32 Å². The molecule has 3 aromatic heterocycles. The van der Waals surface area contributed by atoms with Crippen LogP contribution in [0.2, 0.25) is 10.0 Å². The van der Waals surface area contributed by atoms with Crippen LogP contribution in [-0.2, 0) is 17.9 Å². The van der Waals surface area contributed by atoms with Crippen molar-refractivity contribution in [1.29, 1.82) is 0 Å². The molecule has 1 aromatic carbocycles. The minimum Gasteiger partial charge on any atom is -0.307 e. The molecule has 0 atom stereocenters. The van der Waals surface area contributed by atoms with Gasteiger partial charge in [-0.3, -0.25) is 9.48 Å². The molecule has 0 aliphatic carbocycles. The maximum atomic E-state index is 13.5. The Kier molecular flexibility index (Phi) is 6.69. The lowest BCUT2D eigenvalue weighted by Crippen LogP contribution is -2.20. The van der Waals surface area contributed by atoms with E-state index in [2.05, 4.69) is 36.4 Å². The van der Waals surface area contributed by atoms with Crippen LogP contribution in [0.25, 0.3) is 11.0 Å². The van der Waals surface area contributed by atoms with Crippen LogP contribution in [0.1, 0.15) is 28.9 Å². The highest BCUT2D eigenvalue weighted by molar-refractivity contribution is 9.10. The SMILES string of the molecule is Cc1cc(C(F)F)c2c(C)nn(CC(=O)Nc3nn(Cc4ccc(Cl)c(Cl)c4)cc3Br)c2n1. The van der Waals surface area contributed by atoms with Crippen LogP contribution in [0.5, 0.6) is 0 Å². The van der Waals surface area contributed by atoms with Crippen LogP contribution < -0.4 is 5.32 Å². The monoisotopic (exact) mass is 556 g/mol. The quantitative estimate of drug-likeness (QED) is 0.318. The van der Waals surface area contributed by atoms with Gasteiger partial charge in [0.1, 0.15) is 6.54 Å². The van der Waals surface area contributed by atoms with Crippen molar-refractivity contribution in [2.75, 3.05) is 5.32 Å². The Balaban J connectivity index is 1.53. The molecule has 1 amide bonds. The van der Waals surface area contributed by atoms with Gasteiger partial charge in [-0.25, -0.2) is 18.4 Å². The van der Waals surface area contributed by atoms with Gasteiger partial charge in [-0.15, -0.1) is 0 Å². The Morgan fingerprint density at radius 2 is 1.94 bits per heavy atom. The van der Waals surface area contributed by atoms with E-state index in [1.165, 1.54) is 10.7 Å². The first-order chi connectivity index (χ1) is 15.6. The fourth-order valence-corrected chi connectivity index (χ4v) is 4.23. The summed E-state index contributed by atoms with van der Waals surface area (Å²) in [5.74, 6) is -0.118. The number of aromatic nitrogens is 5. The molecule has 0 aliphatic heterocycles. The molecule has 0 saturated heterocycles. The number of benzene rings is 1. The van der Waals surface area contributed by atoms with Crippen LogP contribution >= 0.6 is 39.1 Å². The lowest BCUT2D eigenvalue weighted by molar-refractivity contribution is -0.116. The van der Waals surface area contributed by atoms with E-state index in [0.717, 1.165) is 5.56 Å². The van der Waals surface area contributed by atoms with Crippen LogP contribution in [0.4, 0.5) is 14.6 Å². The predicted octanol–water partition coefficient (Wildman–Crippen LogP) is 5.94. The standard InChI is InChI=1S/C21H17BrCl2F2N6O/c1-10-5-13(19(25)26)18-11(2)29-32(21(18)27-10)9-17(33)28-20-14(22)8-31(30-20)7-12-3-4-15(23)16(24)6-12/h3-6,8,19H,7,9H2,1-2H3,(H,28,30,33). The second kappa shape index (κ2) is 9.36. The van der Waals surface area contributed by atoms with Crippen LogP contribution in [0, 0.1) is 13.8 Å². The van der Waals surface area contributed by atoms with Gasteiger partial charge >= 0.3 is 0 Å². The van der Waals surface area contributed by atoms with Crippen molar-refractivity contribution >= 4 is 61.9 Å². The molecular formula is C21H17BrCl2F2N6O. The minimum atomic E-state index is -2.67. The second-order valence-electron chi connectivity index (χ2n) is 7.42. The summed E-state index contributed by atoms with van der Waals surface area (Å²) in [5.41, 5.74) is 1.77. The summed E-state index contributed by atoms with van der Waals surface area (Å²) >= 11 is 15.4. The van der Waals surface area contributed by atoms with Crippen molar-refractivity contribution in [3.05, 3.63) is 67.5 Å². The molecule has 4 rings (SSSR count). The molecule has 7 nitrogen and oxygen atoms in total. The molecule has 0 aliphatic rings. The highest BCUT2D eigenvalue weighted by Gasteiger charge is 2.21. The number of halogens is 5. The molecule has 33 heavy (non-hydrogen) atoms. The number of hydrogen-bond acceptors (Lipinski definition) is 4. The maximum Gasteiger partial charge on any atom is 0.264 e. The number of nitrogens with one attached hydrogen (secondary N) is 1. The number of carbonyl (C=O) groups is 1. The van der Waals surface area contributed by atoms with Gasteiger partial charge in [0.2, 0.25) is 5.91 Å². The van der Waals surface area contributed by atoms with E-state index in [0.29, 0.717) is 38.3 Å². The van der Waals surface area contributed by atoms with Crippen molar-refractivity contribution in [1.82, 2.24) is 24.5 Å². The average molecular weight is 558 g/mol. The summed E-state index contributed by atoms with van der Waals surface area (Å²) in [6, 6.07) is 6.61. The number of rotatable bonds is 6. The van der Waals surface area contributed by atoms with E-state index in [1.807, 2.05) is 6.07 Å². The van der Waals surface area contributed by atoms with Gasteiger partial charge in [0, 0.05) is 17.5 Å². The number of aryl methyl sites for hydroxylation is 2. The molecule has 172 valence electrons. The van der Waals surface area contributed by atoms with Gasteiger partial charge in [0.05, 0.1) is 32.1 Å². The Hall–Kier alpha value is -2.56. The third-order valence-corrected chi connectivity index (χ3v) is 6.19. The summed E-state index contributed by atoms with van der Waals surface area (Å²) in [7, 11) is 0. The first-order valence-electron chi connectivity index (χ1n) is 9.72. The first-order valence-corrected chi connectivity index (χ1v) is 11.3. The summed E-state index contributed by atoms with van der Waals surface area (Å²) in [4.78, 5) is 17.0. The normalized spacial score (nSPS) is 11.5. The maximum absolute atomic E-state index is 13.5. The van der Waals surface area contributed by atoms with Crippen LogP contribution in [0.3, 0.4) is 0 Å². The molecule has 0 fully saturated rings. The number of carbonyl (C=O) groups excluding carboxylic acids is 1. The zero-order chi connectivity index (χ0) is 23.9. The topological polar surface area (TPSA) is 77.6 Å². The summed E-state index contributed by atoms with van der Waals surface area (Å²) in [5, 5.41) is 12.5. The van der Waals surface area contributed by atoms with Crippen LogP contribution in [0.15, 0.2) is 34.9 Å². The fraction of sp³-hybridized carbons (Fsp3) is 0.238. The molecule has 0 bridgehead atoms. The van der Waals surface area contributed by atoms with E-state index < -0.39 is 12.3 Å². The van der Waals surface area contributed by atoms with Gasteiger partial charge in [0.15, 0.2) is 11.5 Å². The lowest BCUT2D eigenvalue weighted by Gasteiger charge is -2.07. The third kappa shape index (κ3) is 5.02. The molecular weight excluding hydrogens is 541 g/mol. The highest BCUT2D eigenvalue weighted by atomic mass is 79.9. The molecule has 3 heterocycles. The van der Waals surface area contributed by atoms with Crippen LogP contribution in [-0.4, -0.2) is 30.5 Å².